The summed E-state index contributed by atoms with van der Waals surface area (Å²) in [5, 5.41) is 0. The van der Waals surface area contributed by atoms with Crippen LogP contribution in [0.4, 0.5) is 0 Å². The molecule has 3 heteroatoms. The minimum absolute atomic E-state index is 0.264. The molecule has 1 saturated carbocycles. The minimum atomic E-state index is -0.394. The molecule has 2 atom stereocenters. The third-order valence-electron chi connectivity index (χ3n) is 1.40. The summed E-state index contributed by atoms with van der Waals surface area (Å²) in [4.78, 5) is 10.1. The summed E-state index contributed by atoms with van der Waals surface area (Å²) in [7, 11) is 0. The fourth-order valence-electron chi connectivity index (χ4n) is 0.675. The molecule has 1 rings (SSSR count). The second-order valence-corrected chi connectivity index (χ2v) is 2.32. The molecular formula is C6H10N2O. The Morgan fingerprint density at radius 1 is 1.67 bits per heavy atom. The smallest absolute Gasteiger partial charge is 0.241 e. The summed E-state index contributed by atoms with van der Waals surface area (Å²) in [6.45, 7) is 0. The van der Waals surface area contributed by atoms with E-state index in [0.29, 0.717) is 5.92 Å². The Labute approximate surface area is 53.7 Å². The number of rotatable bonds is 2. The standard InChI is InChI=1S/C6H10N2O/c7-5-3-4(5)1-2-6(8)9/h1-2,4-5H,3,7H2,(H2,8,9)/b2-1+/t4-,5+/m1/s1. The van der Waals surface area contributed by atoms with Crippen LogP contribution in [0.2, 0.25) is 0 Å². The second kappa shape index (κ2) is 2.19. The van der Waals surface area contributed by atoms with E-state index < -0.39 is 5.91 Å². The number of primary amides is 1. The van der Waals surface area contributed by atoms with Crippen LogP contribution < -0.4 is 11.5 Å². The molecule has 0 unspecified atom stereocenters. The van der Waals surface area contributed by atoms with Gasteiger partial charge in [0.2, 0.25) is 5.91 Å². The molecule has 1 fully saturated rings. The van der Waals surface area contributed by atoms with E-state index in [4.69, 9.17) is 11.5 Å². The van der Waals surface area contributed by atoms with Crippen LogP contribution in [0.1, 0.15) is 6.42 Å². The molecule has 4 N–H and O–H groups in total. The van der Waals surface area contributed by atoms with Crippen molar-refractivity contribution in [3.8, 4) is 0 Å². The van der Waals surface area contributed by atoms with Crippen molar-refractivity contribution in [3.05, 3.63) is 12.2 Å². The molecule has 3 nitrogen and oxygen atoms in total. The predicted octanol–water partition coefficient (Wildman–Crippen LogP) is -0.625. The van der Waals surface area contributed by atoms with Gasteiger partial charge in [0.25, 0.3) is 0 Å². The van der Waals surface area contributed by atoms with Crippen molar-refractivity contribution >= 4 is 5.91 Å². The monoisotopic (exact) mass is 126 g/mol. The van der Waals surface area contributed by atoms with Crippen molar-refractivity contribution in [1.82, 2.24) is 0 Å². The normalized spacial score (nSPS) is 33.0. The van der Waals surface area contributed by atoms with Crippen LogP contribution in [0.25, 0.3) is 0 Å². The van der Waals surface area contributed by atoms with E-state index >= 15 is 0 Å². The molecule has 0 heterocycles. The third kappa shape index (κ3) is 1.85. The maximum Gasteiger partial charge on any atom is 0.241 e. The van der Waals surface area contributed by atoms with Gasteiger partial charge < -0.3 is 11.5 Å². The van der Waals surface area contributed by atoms with Crippen molar-refractivity contribution in [3.63, 3.8) is 0 Å². The number of carbonyl (C=O) groups is 1. The summed E-state index contributed by atoms with van der Waals surface area (Å²) in [6, 6.07) is 0.264. The number of nitrogens with two attached hydrogens (primary N) is 2. The van der Waals surface area contributed by atoms with Crippen LogP contribution in [0.15, 0.2) is 12.2 Å². The third-order valence-corrected chi connectivity index (χ3v) is 1.40. The lowest BCUT2D eigenvalue weighted by molar-refractivity contribution is -0.113. The molecule has 1 aliphatic rings. The van der Waals surface area contributed by atoms with Crippen LogP contribution in [0, 0.1) is 5.92 Å². The SMILES string of the molecule is NC(=O)/C=C/[C@@H]1C[C@@H]1N. The van der Waals surface area contributed by atoms with Crippen LogP contribution in [-0.2, 0) is 4.79 Å². The topological polar surface area (TPSA) is 69.1 Å². The van der Waals surface area contributed by atoms with Gasteiger partial charge in [-0.15, -0.1) is 0 Å². The van der Waals surface area contributed by atoms with Gasteiger partial charge in [-0.3, -0.25) is 4.79 Å². The Balaban J connectivity index is 2.25. The maximum atomic E-state index is 10.1. The van der Waals surface area contributed by atoms with Crippen molar-refractivity contribution in [2.45, 2.75) is 12.5 Å². The highest BCUT2D eigenvalue weighted by Crippen LogP contribution is 2.28. The Hall–Kier alpha value is -0.830. The van der Waals surface area contributed by atoms with Gasteiger partial charge in [0.1, 0.15) is 0 Å². The quantitative estimate of drug-likeness (QED) is 0.484. The molecule has 0 radical (unpaired) electrons. The first-order valence-electron chi connectivity index (χ1n) is 2.93. The Morgan fingerprint density at radius 2 is 2.22 bits per heavy atom. The first-order chi connectivity index (χ1) is 4.20. The van der Waals surface area contributed by atoms with Crippen molar-refractivity contribution in [1.29, 1.82) is 0 Å². The average molecular weight is 126 g/mol. The van der Waals surface area contributed by atoms with E-state index in [1.165, 1.54) is 6.08 Å². The lowest BCUT2D eigenvalue weighted by Gasteiger charge is -1.80. The largest absolute Gasteiger partial charge is 0.366 e. The molecule has 1 amide bonds. The first-order valence-corrected chi connectivity index (χ1v) is 2.93. The van der Waals surface area contributed by atoms with E-state index in [0.717, 1.165) is 6.42 Å². The summed E-state index contributed by atoms with van der Waals surface area (Å²) in [5.41, 5.74) is 10.3. The molecule has 0 aromatic carbocycles. The van der Waals surface area contributed by atoms with Crippen molar-refractivity contribution in [2.24, 2.45) is 17.4 Å². The van der Waals surface area contributed by atoms with Gasteiger partial charge in [0.05, 0.1) is 0 Å². The molecule has 0 aromatic heterocycles. The van der Waals surface area contributed by atoms with Crippen molar-refractivity contribution in [2.75, 3.05) is 0 Å². The number of amides is 1. The first kappa shape index (κ1) is 6.29. The van der Waals surface area contributed by atoms with E-state index in [1.807, 2.05) is 0 Å². The zero-order valence-corrected chi connectivity index (χ0v) is 5.08. The molecule has 50 valence electrons. The van der Waals surface area contributed by atoms with Gasteiger partial charge in [0.15, 0.2) is 0 Å². The Kier molecular flexibility index (Phi) is 1.53. The lowest BCUT2D eigenvalue weighted by atomic mass is 10.3. The maximum absolute atomic E-state index is 10.1. The fraction of sp³-hybridized carbons (Fsp3) is 0.500. The summed E-state index contributed by atoms with van der Waals surface area (Å²) in [6.07, 6.45) is 4.13. The van der Waals surface area contributed by atoms with E-state index in [-0.39, 0.29) is 6.04 Å². The zero-order valence-electron chi connectivity index (χ0n) is 5.08. The Morgan fingerprint density at radius 3 is 2.56 bits per heavy atom. The highest BCUT2D eigenvalue weighted by molar-refractivity contribution is 5.85. The van der Waals surface area contributed by atoms with Crippen LogP contribution in [0.3, 0.4) is 0 Å². The van der Waals surface area contributed by atoms with Gasteiger partial charge in [-0.05, 0) is 18.4 Å². The second-order valence-electron chi connectivity index (χ2n) is 2.32. The molecule has 0 aliphatic heterocycles. The molecule has 1 aliphatic carbocycles. The van der Waals surface area contributed by atoms with Gasteiger partial charge in [-0.1, -0.05) is 6.08 Å². The van der Waals surface area contributed by atoms with E-state index in [9.17, 15) is 4.79 Å². The number of carbonyl (C=O) groups excluding carboxylic acids is 1. The summed E-state index contributed by atoms with van der Waals surface area (Å²) >= 11 is 0. The number of hydrogen-bond acceptors (Lipinski definition) is 2. The molecule has 0 saturated heterocycles. The summed E-state index contributed by atoms with van der Waals surface area (Å²) in [5.74, 6) is 0.00611. The van der Waals surface area contributed by atoms with Crippen LogP contribution in [-0.4, -0.2) is 11.9 Å². The lowest BCUT2D eigenvalue weighted by Crippen LogP contribution is -2.06. The highest BCUT2D eigenvalue weighted by Gasteiger charge is 2.30. The summed E-state index contributed by atoms with van der Waals surface area (Å²) < 4.78 is 0. The molecular weight excluding hydrogens is 116 g/mol. The van der Waals surface area contributed by atoms with Gasteiger partial charge in [-0.25, -0.2) is 0 Å². The Bertz CT molecular complexity index is 153. The van der Waals surface area contributed by atoms with Gasteiger partial charge >= 0.3 is 0 Å². The van der Waals surface area contributed by atoms with Gasteiger partial charge in [-0.2, -0.15) is 0 Å². The molecule has 0 bridgehead atoms. The van der Waals surface area contributed by atoms with Crippen LogP contribution in [0.5, 0.6) is 0 Å². The molecule has 0 aromatic rings. The molecule has 0 spiro atoms. The van der Waals surface area contributed by atoms with Gasteiger partial charge in [0, 0.05) is 6.04 Å². The van der Waals surface area contributed by atoms with E-state index in [1.54, 1.807) is 6.08 Å². The zero-order chi connectivity index (χ0) is 6.85. The minimum Gasteiger partial charge on any atom is -0.366 e. The van der Waals surface area contributed by atoms with Crippen LogP contribution >= 0.6 is 0 Å². The number of hydrogen-bond donors (Lipinski definition) is 2. The average Bonchev–Trinajstić information content (AvgIpc) is 2.42. The molecule has 9 heavy (non-hydrogen) atoms. The van der Waals surface area contributed by atoms with Crippen molar-refractivity contribution < 1.29 is 4.79 Å². The fourth-order valence-corrected chi connectivity index (χ4v) is 0.675. The van der Waals surface area contributed by atoms with E-state index in [2.05, 4.69) is 0 Å². The predicted molar refractivity (Wildman–Crippen MR) is 34.4 cm³/mol. The highest BCUT2D eigenvalue weighted by atomic mass is 16.1.